The average Bonchev–Trinajstić information content (AvgIpc) is 2.48. The van der Waals surface area contributed by atoms with Crippen molar-refractivity contribution in [3.05, 3.63) is 59.2 Å². The smallest absolute Gasteiger partial charge is 0.438 e. The zero-order valence-electron chi connectivity index (χ0n) is 13.1. The number of rotatable bonds is 3. The van der Waals surface area contributed by atoms with Crippen LogP contribution < -0.4 is 0 Å². The van der Waals surface area contributed by atoms with Gasteiger partial charge in [0.1, 0.15) is 6.10 Å². The Morgan fingerprint density at radius 2 is 1.90 bits per heavy atom. The van der Waals surface area contributed by atoms with E-state index < -0.39 is 6.16 Å². The van der Waals surface area contributed by atoms with Gasteiger partial charge in [0.15, 0.2) is 0 Å². The highest BCUT2D eigenvalue weighted by atomic mass is 16.7. The predicted octanol–water partition coefficient (Wildman–Crippen LogP) is 4.31. The molecule has 0 amide bonds. The Labute approximate surface area is 126 Å². The second-order valence-corrected chi connectivity index (χ2v) is 5.86. The van der Waals surface area contributed by atoms with Crippen molar-refractivity contribution in [2.45, 2.75) is 38.7 Å². The number of carbonyl (C=O) groups excluding carboxylic acids is 1. The first-order chi connectivity index (χ1) is 9.93. The van der Waals surface area contributed by atoms with Gasteiger partial charge in [0, 0.05) is 11.8 Å². The lowest BCUT2D eigenvalue weighted by atomic mass is 9.75. The molecule has 0 spiro atoms. The largest absolute Gasteiger partial charge is 0.508 e. The van der Waals surface area contributed by atoms with Gasteiger partial charge in [0.05, 0.1) is 7.11 Å². The maximum Gasteiger partial charge on any atom is 0.508 e. The highest BCUT2D eigenvalue weighted by molar-refractivity contribution is 5.60. The van der Waals surface area contributed by atoms with Gasteiger partial charge in [-0.15, -0.1) is 0 Å². The van der Waals surface area contributed by atoms with E-state index in [9.17, 15) is 4.79 Å². The molecule has 1 aromatic carbocycles. The van der Waals surface area contributed by atoms with Gasteiger partial charge in [-0.2, -0.15) is 0 Å². The summed E-state index contributed by atoms with van der Waals surface area (Å²) in [6.45, 7) is 6.50. The highest BCUT2D eigenvalue weighted by Crippen LogP contribution is 2.34. The quantitative estimate of drug-likeness (QED) is 0.777. The van der Waals surface area contributed by atoms with E-state index >= 15 is 0 Å². The van der Waals surface area contributed by atoms with Crippen molar-refractivity contribution in [2.24, 2.45) is 0 Å². The Hall–Kier alpha value is -2.03. The first-order valence-corrected chi connectivity index (χ1v) is 7.14. The molecular formula is C18H22O3. The van der Waals surface area contributed by atoms with Crippen LogP contribution in [0, 0.1) is 6.92 Å². The standard InChI is InChI=1S/C18H22O3/c1-13-5-7-14(8-6-13)18(2,3)15-9-11-16(12-10-15)21-17(19)20-4/h5-11,16H,12H2,1-4H3. The summed E-state index contributed by atoms with van der Waals surface area (Å²) in [7, 11) is 1.32. The van der Waals surface area contributed by atoms with Crippen LogP contribution in [0.2, 0.25) is 0 Å². The maximum absolute atomic E-state index is 11.1. The molecule has 21 heavy (non-hydrogen) atoms. The molecule has 1 aromatic rings. The molecule has 0 heterocycles. The molecule has 1 atom stereocenters. The van der Waals surface area contributed by atoms with Crippen LogP contribution in [0.5, 0.6) is 0 Å². The molecular weight excluding hydrogens is 264 g/mol. The van der Waals surface area contributed by atoms with Crippen LogP contribution in [-0.4, -0.2) is 19.4 Å². The summed E-state index contributed by atoms with van der Waals surface area (Å²) in [5, 5.41) is 0. The summed E-state index contributed by atoms with van der Waals surface area (Å²) in [5.41, 5.74) is 3.70. The van der Waals surface area contributed by atoms with Crippen molar-refractivity contribution >= 4 is 6.16 Å². The zero-order valence-corrected chi connectivity index (χ0v) is 13.1. The number of aryl methyl sites for hydroxylation is 1. The summed E-state index contributed by atoms with van der Waals surface area (Å²) >= 11 is 0. The highest BCUT2D eigenvalue weighted by Gasteiger charge is 2.26. The molecule has 0 N–H and O–H groups in total. The van der Waals surface area contributed by atoms with Gasteiger partial charge in [-0.25, -0.2) is 4.79 Å². The summed E-state index contributed by atoms with van der Waals surface area (Å²) in [4.78, 5) is 11.1. The fourth-order valence-corrected chi connectivity index (χ4v) is 2.46. The van der Waals surface area contributed by atoms with Crippen molar-refractivity contribution in [3.63, 3.8) is 0 Å². The van der Waals surface area contributed by atoms with Gasteiger partial charge < -0.3 is 9.47 Å². The second-order valence-electron chi connectivity index (χ2n) is 5.86. The van der Waals surface area contributed by atoms with E-state index in [-0.39, 0.29) is 11.5 Å². The zero-order chi connectivity index (χ0) is 15.5. The summed E-state index contributed by atoms with van der Waals surface area (Å²) in [6, 6.07) is 8.60. The Bertz CT molecular complexity index is 565. The van der Waals surface area contributed by atoms with Crippen LogP contribution in [0.1, 0.15) is 31.4 Å². The van der Waals surface area contributed by atoms with Gasteiger partial charge in [-0.1, -0.05) is 55.8 Å². The lowest BCUT2D eigenvalue weighted by molar-refractivity contribution is 0.0529. The molecule has 0 bridgehead atoms. The van der Waals surface area contributed by atoms with E-state index in [1.807, 2.05) is 12.2 Å². The Balaban J connectivity index is 2.11. The van der Waals surface area contributed by atoms with Gasteiger partial charge >= 0.3 is 6.16 Å². The van der Waals surface area contributed by atoms with Crippen LogP contribution in [-0.2, 0) is 14.9 Å². The Morgan fingerprint density at radius 3 is 2.43 bits per heavy atom. The molecule has 0 fully saturated rings. The summed E-state index contributed by atoms with van der Waals surface area (Å²) in [5.74, 6) is 0. The van der Waals surface area contributed by atoms with Crippen LogP contribution in [0.15, 0.2) is 48.1 Å². The monoisotopic (exact) mass is 286 g/mol. The van der Waals surface area contributed by atoms with E-state index in [1.165, 1.54) is 23.8 Å². The van der Waals surface area contributed by atoms with Crippen LogP contribution >= 0.6 is 0 Å². The summed E-state index contributed by atoms with van der Waals surface area (Å²) < 4.78 is 9.64. The number of allylic oxidation sites excluding steroid dienone is 2. The molecule has 0 saturated heterocycles. The molecule has 0 saturated carbocycles. The van der Waals surface area contributed by atoms with Crippen molar-refractivity contribution in [1.29, 1.82) is 0 Å². The second kappa shape index (κ2) is 6.17. The number of ether oxygens (including phenoxy) is 2. The van der Waals surface area contributed by atoms with Crippen LogP contribution in [0.25, 0.3) is 0 Å². The third kappa shape index (κ3) is 3.54. The van der Waals surface area contributed by atoms with E-state index in [1.54, 1.807) is 0 Å². The molecule has 3 heteroatoms. The molecule has 1 aliphatic carbocycles. The Morgan fingerprint density at radius 1 is 1.24 bits per heavy atom. The maximum atomic E-state index is 11.1. The first kappa shape index (κ1) is 15.4. The van der Waals surface area contributed by atoms with Crippen LogP contribution in [0.4, 0.5) is 4.79 Å². The minimum Gasteiger partial charge on any atom is -0.438 e. The SMILES string of the molecule is COC(=O)OC1C=CC(C(C)(C)c2ccc(C)cc2)=CC1. The normalized spacial score (nSPS) is 18.1. The van der Waals surface area contributed by atoms with E-state index in [4.69, 9.17) is 4.74 Å². The topological polar surface area (TPSA) is 35.5 Å². The van der Waals surface area contributed by atoms with Crippen LogP contribution in [0.3, 0.4) is 0 Å². The lowest BCUT2D eigenvalue weighted by Gasteiger charge is -2.30. The number of hydrogen-bond donors (Lipinski definition) is 0. The fraction of sp³-hybridized carbons (Fsp3) is 0.389. The third-order valence-corrected chi connectivity index (χ3v) is 3.97. The lowest BCUT2D eigenvalue weighted by Crippen LogP contribution is -2.23. The Kier molecular flexibility index (Phi) is 4.51. The number of hydrogen-bond acceptors (Lipinski definition) is 3. The molecule has 0 aliphatic heterocycles. The van der Waals surface area contributed by atoms with E-state index in [0.717, 1.165) is 0 Å². The minimum atomic E-state index is -0.640. The van der Waals surface area contributed by atoms with Crippen molar-refractivity contribution in [1.82, 2.24) is 0 Å². The van der Waals surface area contributed by atoms with E-state index in [2.05, 4.69) is 55.8 Å². The molecule has 1 aliphatic rings. The van der Waals surface area contributed by atoms with E-state index in [0.29, 0.717) is 6.42 Å². The molecule has 3 nitrogen and oxygen atoms in total. The van der Waals surface area contributed by atoms with Crippen molar-refractivity contribution in [2.75, 3.05) is 7.11 Å². The number of methoxy groups -OCH3 is 1. The van der Waals surface area contributed by atoms with Gasteiger partial charge in [-0.05, 0) is 24.1 Å². The first-order valence-electron chi connectivity index (χ1n) is 7.14. The average molecular weight is 286 g/mol. The van der Waals surface area contributed by atoms with Crippen molar-refractivity contribution in [3.8, 4) is 0 Å². The van der Waals surface area contributed by atoms with Gasteiger partial charge in [0.25, 0.3) is 0 Å². The molecule has 0 aromatic heterocycles. The minimum absolute atomic E-state index is 0.0690. The predicted molar refractivity (Wildman–Crippen MR) is 83.3 cm³/mol. The van der Waals surface area contributed by atoms with Gasteiger partial charge in [-0.3, -0.25) is 0 Å². The fourth-order valence-electron chi connectivity index (χ4n) is 2.46. The summed E-state index contributed by atoms with van der Waals surface area (Å²) in [6.07, 6.45) is 5.89. The molecule has 1 unspecified atom stereocenters. The molecule has 0 radical (unpaired) electrons. The third-order valence-electron chi connectivity index (χ3n) is 3.97. The number of carbonyl (C=O) groups is 1. The molecule has 112 valence electrons. The number of benzene rings is 1. The van der Waals surface area contributed by atoms with Gasteiger partial charge in [0.2, 0.25) is 0 Å². The van der Waals surface area contributed by atoms with Crippen molar-refractivity contribution < 1.29 is 14.3 Å². The molecule has 2 rings (SSSR count).